The quantitative estimate of drug-likeness (QED) is 0.363. The second-order valence-electron chi connectivity index (χ2n) is 8.48. The third kappa shape index (κ3) is 14.3. The van der Waals surface area contributed by atoms with E-state index in [1.165, 1.54) is 6.42 Å². The Bertz CT molecular complexity index is 753. The topological polar surface area (TPSA) is 70.0 Å². The summed E-state index contributed by atoms with van der Waals surface area (Å²) in [5.74, 6) is 1.35. The van der Waals surface area contributed by atoms with E-state index in [0.29, 0.717) is 23.3 Å². The molecule has 0 aliphatic carbocycles. The first-order valence-corrected chi connectivity index (χ1v) is 11.7. The number of allylic oxidation sites excluding steroid dienone is 5. The van der Waals surface area contributed by atoms with Crippen LogP contribution in [0.3, 0.4) is 0 Å². The van der Waals surface area contributed by atoms with Crippen molar-refractivity contribution in [2.24, 2.45) is 23.5 Å². The maximum atomic E-state index is 9.27. The van der Waals surface area contributed by atoms with Gasteiger partial charge >= 0.3 is 0 Å². The van der Waals surface area contributed by atoms with Crippen LogP contribution in [0, 0.1) is 29.1 Å². The number of hydrogen-bond acceptors (Lipinski definition) is 3. The van der Waals surface area contributed by atoms with E-state index in [1.807, 2.05) is 25.1 Å². The summed E-state index contributed by atoms with van der Waals surface area (Å²) in [5.41, 5.74) is 9.15. The number of nitrogens with two attached hydrogens (primary N) is 1. The molecule has 0 saturated carbocycles. The summed E-state index contributed by atoms with van der Waals surface area (Å²) in [6.07, 6.45) is 11.5. The molecule has 2 unspecified atom stereocenters. The number of phenols is 1. The van der Waals surface area contributed by atoms with E-state index in [1.54, 1.807) is 12.1 Å². The van der Waals surface area contributed by atoms with Crippen LogP contribution in [0.1, 0.15) is 78.4 Å². The molecule has 3 heteroatoms. The first kappa shape index (κ1) is 31.5. The van der Waals surface area contributed by atoms with Crippen molar-refractivity contribution in [1.82, 2.24) is 0 Å². The van der Waals surface area contributed by atoms with Gasteiger partial charge in [-0.2, -0.15) is 5.26 Å². The summed E-state index contributed by atoms with van der Waals surface area (Å²) in [5, 5.41) is 18.0. The highest BCUT2D eigenvalue weighted by Gasteiger charge is 2.21. The van der Waals surface area contributed by atoms with E-state index in [9.17, 15) is 5.11 Å². The highest BCUT2D eigenvalue weighted by Crippen LogP contribution is 2.28. The predicted molar refractivity (Wildman–Crippen MR) is 141 cm³/mol. The third-order valence-corrected chi connectivity index (χ3v) is 4.80. The van der Waals surface area contributed by atoms with Crippen LogP contribution in [-0.4, -0.2) is 5.11 Å². The Morgan fingerprint density at radius 1 is 1.19 bits per heavy atom. The molecule has 1 rings (SSSR count). The zero-order valence-electron chi connectivity index (χ0n) is 21.3. The number of hydrogen-bond donors (Lipinski definition) is 2. The lowest BCUT2D eigenvalue weighted by molar-refractivity contribution is 0.351. The fourth-order valence-corrected chi connectivity index (χ4v) is 3.05. The Kier molecular flexibility index (Phi) is 18.7. The lowest BCUT2D eigenvalue weighted by Crippen LogP contribution is -2.23. The van der Waals surface area contributed by atoms with Crippen LogP contribution < -0.4 is 5.73 Å². The van der Waals surface area contributed by atoms with Crippen LogP contribution in [-0.2, 0) is 6.42 Å². The molecule has 0 fully saturated rings. The molecular weight excluding hydrogens is 392 g/mol. The molecule has 0 aliphatic heterocycles. The number of nitrogens with zero attached hydrogens (tertiary/aromatic N) is 1. The van der Waals surface area contributed by atoms with Crippen LogP contribution in [0.2, 0.25) is 0 Å². The summed E-state index contributed by atoms with van der Waals surface area (Å²) in [4.78, 5) is 0. The second-order valence-corrected chi connectivity index (χ2v) is 8.48. The van der Waals surface area contributed by atoms with Crippen LogP contribution in [0.25, 0.3) is 0 Å². The largest absolute Gasteiger partial charge is 0.507 e. The molecule has 1 aromatic carbocycles. The van der Waals surface area contributed by atoms with Gasteiger partial charge in [0, 0.05) is 11.6 Å². The zero-order valence-corrected chi connectivity index (χ0v) is 21.3. The first-order chi connectivity index (χ1) is 15.1. The van der Waals surface area contributed by atoms with Gasteiger partial charge in [0.1, 0.15) is 11.8 Å². The van der Waals surface area contributed by atoms with Gasteiger partial charge in [-0.3, -0.25) is 0 Å². The molecule has 0 spiro atoms. The highest BCUT2D eigenvalue weighted by atomic mass is 16.3. The summed E-state index contributed by atoms with van der Waals surface area (Å²) < 4.78 is 0. The van der Waals surface area contributed by atoms with E-state index in [4.69, 9.17) is 11.0 Å². The van der Waals surface area contributed by atoms with Gasteiger partial charge in [-0.1, -0.05) is 77.5 Å². The fraction of sp³-hybridized carbons (Fsp3) is 0.483. The van der Waals surface area contributed by atoms with E-state index >= 15 is 0 Å². The number of benzene rings is 1. The standard InChI is InChI=1S/C14H25N.C12H13NO.C3H8/c1-6-8-9-10-14(12(5)15)13(7-2)11(3)4;1-9(2)3-4-10-5-6-12(14)11(7-10)8-13;1-3-2/h7-9,11,13-14H,2,5-6,10,15H2,1,3-4H3;5-7,14H,1,3-4H2,2H3;3H2,1-2H3/b9-8+;;. The predicted octanol–water partition coefficient (Wildman–Crippen LogP) is 8.08. The number of nitriles is 1. The number of phenolic OH excluding ortho intramolecular Hbond substituents is 1. The van der Waals surface area contributed by atoms with Crippen molar-refractivity contribution in [2.75, 3.05) is 0 Å². The van der Waals surface area contributed by atoms with Crippen LogP contribution in [0.4, 0.5) is 0 Å². The highest BCUT2D eigenvalue weighted by molar-refractivity contribution is 5.44. The molecule has 0 amide bonds. The van der Waals surface area contributed by atoms with Gasteiger partial charge in [-0.25, -0.2) is 0 Å². The van der Waals surface area contributed by atoms with Crippen LogP contribution in [0.5, 0.6) is 5.75 Å². The Hall–Kier alpha value is -2.73. The Balaban J connectivity index is 0. The second kappa shape index (κ2) is 19.0. The number of aryl methyl sites for hydroxylation is 1. The summed E-state index contributed by atoms with van der Waals surface area (Å²) in [6.45, 7) is 24.4. The normalized spacial score (nSPS) is 11.9. The van der Waals surface area contributed by atoms with Crippen molar-refractivity contribution in [3.05, 3.63) is 78.6 Å². The van der Waals surface area contributed by atoms with E-state index in [2.05, 4.69) is 66.5 Å². The molecular formula is C29H46N2O. The van der Waals surface area contributed by atoms with Gasteiger partial charge in [0.25, 0.3) is 0 Å². The van der Waals surface area contributed by atoms with Crippen LogP contribution >= 0.6 is 0 Å². The van der Waals surface area contributed by atoms with E-state index in [-0.39, 0.29) is 5.75 Å². The summed E-state index contributed by atoms with van der Waals surface area (Å²) in [7, 11) is 0. The molecule has 0 radical (unpaired) electrons. The fourth-order valence-electron chi connectivity index (χ4n) is 3.05. The molecule has 0 bridgehead atoms. The minimum Gasteiger partial charge on any atom is -0.507 e. The van der Waals surface area contributed by atoms with E-state index in [0.717, 1.165) is 42.5 Å². The molecule has 0 aromatic heterocycles. The molecule has 2 atom stereocenters. The van der Waals surface area contributed by atoms with Crippen molar-refractivity contribution >= 4 is 0 Å². The first-order valence-electron chi connectivity index (χ1n) is 11.7. The van der Waals surface area contributed by atoms with Crippen molar-refractivity contribution < 1.29 is 5.11 Å². The van der Waals surface area contributed by atoms with Gasteiger partial charge in [0.2, 0.25) is 0 Å². The lowest BCUT2D eigenvalue weighted by atomic mass is 9.80. The minimum absolute atomic E-state index is 0.0478. The van der Waals surface area contributed by atoms with Gasteiger partial charge in [-0.05, 0) is 62.1 Å². The minimum atomic E-state index is 0.0478. The van der Waals surface area contributed by atoms with Crippen molar-refractivity contribution in [1.29, 1.82) is 5.26 Å². The van der Waals surface area contributed by atoms with Crippen LogP contribution in [0.15, 0.2) is 67.4 Å². The average molecular weight is 439 g/mol. The maximum Gasteiger partial charge on any atom is 0.133 e. The molecule has 1 aromatic rings. The maximum absolute atomic E-state index is 9.27. The van der Waals surface area contributed by atoms with Crippen molar-refractivity contribution in [3.63, 3.8) is 0 Å². The Morgan fingerprint density at radius 2 is 1.78 bits per heavy atom. The number of aromatic hydroxyl groups is 1. The summed E-state index contributed by atoms with van der Waals surface area (Å²) in [6, 6.07) is 7.07. The molecule has 178 valence electrons. The zero-order chi connectivity index (χ0) is 25.1. The lowest BCUT2D eigenvalue weighted by Gasteiger charge is -2.26. The third-order valence-electron chi connectivity index (χ3n) is 4.80. The molecule has 3 nitrogen and oxygen atoms in total. The van der Waals surface area contributed by atoms with E-state index < -0.39 is 0 Å². The molecule has 0 aliphatic rings. The van der Waals surface area contributed by atoms with Crippen molar-refractivity contribution in [3.8, 4) is 11.8 Å². The van der Waals surface area contributed by atoms with Gasteiger partial charge in [0.15, 0.2) is 0 Å². The monoisotopic (exact) mass is 438 g/mol. The Morgan fingerprint density at radius 3 is 2.19 bits per heavy atom. The molecule has 0 saturated heterocycles. The number of rotatable bonds is 10. The SMILES string of the molecule is C=C(C)CCc1ccc(O)c(C#N)c1.C=CC(C(C)C)C(C/C=C/CC)C(=C)N.CCC. The average Bonchev–Trinajstić information content (AvgIpc) is 2.73. The molecule has 3 N–H and O–H groups in total. The van der Waals surface area contributed by atoms with Gasteiger partial charge in [0.05, 0.1) is 5.56 Å². The molecule has 0 heterocycles. The van der Waals surface area contributed by atoms with Crippen molar-refractivity contribution in [2.45, 2.75) is 73.6 Å². The van der Waals surface area contributed by atoms with Gasteiger partial charge in [-0.15, -0.1) is 13.2 Å². The van der Waals surface area contributed by atoms with Gasteiger partial charge < -0.3 is 10.8 Å². The molecule has 32 heavy (non-hydrogen) atoms. The summed E-state index contributed by atoms with van der Waals surface area (Å²) >= 11 is 0. The Labute approximate surface area is 198 Å². The smallest absolute Gasteiger partial charge is 0.133 e.